The molecule has 104 valence electrons. The Bertz CT molecular complexity index is 718. The van der Waals surface area contributed by atoms with Crippen molar-refractivity contribution >= 4 is 23.7 Å². The first kappa shape index (κ1) is 13.1. The summed E-state index contributed by atoms with van der Waals surface area (Å²) in [7, 11) is 0. The number of para-hydroxylation sites is 1. The van der Waals surface area contributed by atoms with Crippen LogP contribution in [0.15, 0.2) is 60.3 Å². The predicted molar refractivity (Wildman–Crippen MR) is 81.6 cm³/mol. The number of amides is 3. The Morgan fingerprint density at radius 2 is 1.62 bits per heavy atom. The lowest BCUT2D eigenvalue weighted by Crippen LogP contribution is -2.30. The highest BCUT2D eigenvalue weighted by atomic mass is 16.2. The summed E-state index contributed by atoms with van der Waals surface area (Å²) < 4.78 is 0. The highest BCUT2D eigenvalue weighted by Crippen LogP contribution is 2.21. The molecule has 1 saturated heterocycles. The van der Waals surface area contributed by atoms with Crippen molar-refractivity contribution in [3.05, 3.63) is 71.4 Å². The van der Waals surface area contributed by atoms with E-state index in [1.54, 1.807) is 30.3 Å². The van der Waals surface area contributed by atoms with Gasteiger partial charge in [0.25, 0.3) is 5.91 Å². The van der Waals surface area contributed by atoms with E-state index in [-0.39, 0.29) is 11.6 Å². The number of rotatable bonds is 2. The second kappa shape index (κ2) is 5.25. The van der Waals surface area contributed by atoms with E-state index in [1.807, 2.05) is 37.3 Å². The van der Waals surface area contributed by atoms with Crippen molar-refractivity contribution in [3.63, 3.8) is 0 Å². The van der Waals surface area contributed by atoms with E-state index < -0.39 is 6.03 Å². The number of imide groups is 1. The highest BCUT2D eigenvalue weighted by molar-refractivity contribution is 6.28. The van der Waals surface area contributed by atoms with E-state index in [9.17, 15) is 9.59 Å². The second-order valence-corrected chi connectivity index (χ2v) is 4.87. The van der Waals surface area contributed by atoms with Crippen molar-refractivity contribution in [2.75, 3.05) is 4.90 Å². The van der Waals surface area contributed by atoms with Crippen LogP contribution in [-0.4, -0.2) is 11.9 Å². The van der Waals surface area contributed by atoms with Crippen LogP contribution in [0.2, 0.25) is 0 Å². The number of nitrogens with zero attached hydrogens (tertiary/aromatic N) is 1. The first-order chi connectivity index (χ1) is 10.1. The summed E-state index contributed by atoms with van der Waals surface area (Å²) in [6, 6.07) is 16.2. The van der Waals surface area contributed by atoms with Crippen molar-refractivity contribution in [2.45, 2.75) is 6.92 Å². The number of benzene rings is 2. The molecule has 0 saturated carbocycles. The van der Waals surface area contributed by atoms with E-state index in [0.29, 0.717) is 5.69 Å². The molecule has 3 rings (SSSR count). The molecule has 1 aliphatic rings. The van der Waals surface area contributed by atoms with Gasteiger partial charge in [-0.1, -0.05) is 48.0 Å². The maximum Gasteiger partial charge on any atom is 0.333 e. The number of aryl methyl sites for hydroxylation is 1. The van der Waals surface area contributed by atoms with Crippen LogP contribution in [-0.2, 0) is 4.79 Å². The van der Waals surface area contributed by atoms with Crippen LogP contribution >= 0.6 is 0 Å². The zero-order chi connectivity index (χ0) is 14.8. The van der Waals surface area contributed by atoms with Gasteiger partial charge in [0, 0.05) is 0 Å². The van der Waals surface area contributed by atoms with Gasteiger partial charge in [-0.3, -0.25) is 4.79 Å². The number of hydrogen-bond donors (Lipinski definition) is 1. The van der Waals surface area contributed by atoms with Gasteiger partial charge in [-0.25, -0.2) is 9.69 Å². The van der Waals surface area contributed by atoms with Crippen LogP contribution in [0.4, 0.5) is 10.5 Å². The first-order valence-electron chi connectivity index (χ1n) is 6.64. The van der Waals surface area contributed by atoms with Gasteiger partial charge in [0.2, 0.25) is 0 Å². The van der Waals surface area contributed by atoms with Crippen LogP contribution < -0.4 is 10.2 Å². The Labute approximate surface area is 122 Å². The van der Waals surface area contributed by atoms with Gasteiger partial charge in [0.05, 0.1) is 5.69 Å². The zero-order valence-corrected chi connectivity index (χ0v) is 11.5. The molecule has 1 N–H and O–H groups in total. The number of hydrogen-bond acceptors (Lipinski definition) is 2. The minimum absolute atomic E-state index is 0.285. The third-order valence-electron chi connectivity index (χ3n) is 3.28. The van der Waals surface area contributed by atoms with Crippen LogP contribution in [0.3, 0.4) is 0 Å². The fourth-order valence-electron chi connectivity index (χ4n) is 2.18. The van der Waals surface area contributed by atoms with E-state index in [0.717, 1.165) is 16.0 Å². The number of carbonyl (C=O) groups is 2. The molecule has 3 amide bonds. The minimum Gasteiger partial charge on any atom is -0.302 e. The summed E-state index contributed by atoms with van der Waals surface area (Å²) in [5, 5.41) is 2.61. The normalized spacial score (nSPS) is 16.4. The van der Waals surface area contributed by atoms with Gasteiger partial charge in [-0.15, -0.1) is 0 Å². The molecule has 0 atom stereocenters. The minimum atomic E-state index is -0.426. The van der Waals surface area contributed by atoms with Crippen molar-refractivity contribution in [1.82, 2.24) is 5.32 Å². The Morgan fingerprint density at radius 1 is 0.952 bits per heavy atom. The third-order valence-corrected chi connectivity index (χ3v) is 3.28. The summed E-state index contributed by atoms with van der Waals surface area (Å²) >= 11 is 0. The molecule has 0 spiro atoms. The highest BCUT2D eigenvalue weighted by Gasteiger charge is 2.34. The quantitative estimate of drug-likeness (QED) is 0.678. The van der Waals surface area contributed by atoms with Crippen LogP contribution in [0.5, 0.6) is 0 Å². The average molecular weight is 278 g/mol. The van der Waals surface area contributed by atoms with Crippen molar-refractivity contribution < 1.29 is 9.59 Å². The standard InChI is InChI=1S/C17H14N2O2/c1-12-7-9-13(10-8-12)11-15-16(20)19(17(21)18-15)14-5-3-2-4-6-14/h2-11H,1H3,(H,18,21)/b15-11+. The van der Waals surface area contributed by atoms with E-state index >= 15 is 0 Å². The van der Waals surface area contributed by atoms with Crippen LogP contribution in [0.1, 0.15) is 11.1 Å². The van der Waals surface area contributed by atoms with Gasteiger partial charge in [0.1, 0.15) is 5.70 Å². The third kappa shape index (κ3) is 2.56. The molecular weight excluding hydrogens is 264 g/mol. The predicted octanol–water partition coefficient (Wildman–Crippen LogP) is 3.09. The SMILES string of the molecule is Cc1ccc(/C=C2/NC(=O)N(c3ccccc3)C2=O)cc1. The molecule has 0 bridgehead atoms. The summed E-state index contributed by atoms with van der Waals surface area (Å²) in [6.45, 7) is 2.00. The van der Waals surface area contributed by atoms with Crippen molar-refractivity contribution in [1.29, 1.82) is 0 Å². The Morgan fingerprint density at radius 3 is 2.29 bits per heavy atom. The van der Waals surface area contributed by atoms with Gasteiger partial charge in [0.15, 0.2) is 0 Å². The lowest BCUT2D eigenvalue weighted by molar-refractivity contribution is -0.113. The topological polar surface area (TPSA) is 49.4 Å². The Balaban J connectivity index is 1.92. The molecular formula is C17H14N2O2. The zero-order valence-electron chi connectivity index (χ0n) is 11.5. The molecule has 1 heterocycles. The van der Waals surface area contributed by atoms with Gasteiger partial charge in [-0.2, -0.15) is 0 Å². The van der Waals surface area contributed by atoms with E-state index in [1.165, 1.54) is 0 Å². The Kier molecular flexibility index (Phi) is 3.28. The average Bonchev–Trinajstić information content (AvgIpc) is 2.77. The smallest absolute Gasteiger partial charge is 0.302 e. The van der Waals surface area contributed by atoms with Crippen LogP contribution in [0, 0.1) is 6.92 Å². The number of urea groups is 1. The lowest BCUT2D eigenvalue weighted by atomic mass is 10.1. The van der Waals surface area contributed by atoms with E-state index in [2.05, 4.69) is 5.32 Å². The molecule has 2 aromatic rings. The second-order valence-electron chi connectivity index (χ2n) is 4.87. The number of carbonyl (C=O) groups excluding carboxylic acids is 2. The van der Waals surface area contributed by atoms with Crippen LogP contribution in [0.25, 0.3) is 6.08 Å². The largest absolute Gasteiger partial charge is 0.333 e. The molecule has 0 aliphatic carbocycles. The molecule has 4 heteroatoms. The maximum atomic E-state index is 12.4. The molecule has 1 fully saturated rings. The molecule has 21 heavy (non-hydrogen) atoms. The van der Waals surface area contributed by atoms with Gasteiger partial charge < -0.3 is 5.32 Å². The first-order valence-corrected chi connectivity index (χ1v) is 6.64. The molecule has 2 aromatic carbocycles. The summed E-state index contributed by atoms with van der Waals surface area (Å²) in [5.41, 5.74) is 2.86. The van der Waals surface area contributed by atoms with Gasteiger partial charge >= 0.3 is 6.03 Å². The van der Waals surface area contributed by atoms with Gasteiger partial charge in [-0.05, 0) is 30.7 Å². The fourth-order valence-corrected chi connectivity index (χ4v) is 2.18. The Hall–Kier alpha value is -2.88. The number of nitrogens with one attached hydrogen (secondary N) is 1. The molecule has 1 aliphatic heterocycles. The summed E-state index contributed by atoms with van der Waals surface area (Å²) in [5.74, 6) is -0.341. The lowest BCUT2D eigenvalue weighted by Gasteiger charge is -2.10. The number of anilines is 1. The fraction of sp³-hybridized carbons (Fsp3) is 0.0588. The monoisotopic (exact) mass is 278 g/mol. The van der Waals surface area contributed by atoms with E-state index in [4.69, 9.17) is 0 Å². The maximum absolute atomic E-state index is 12.4. The molecule has 0 radical (unpaired) electrons. The molecule has 0 aromatic heterocycles. The summed E-state index contributed by atoms with van der Waals surface area (Å²) in [4.78, 5) is 25.5. The molecule has 4 nitrogen and oxygen atoms in total. The summed E-state index contributed by atoms with van der Waals surface area (Å²) in [6.07, 6.45) is 1.68. The van der Waals surface area contributed by atoms with Crippen molar-refractivity contribution in [3.8, 4) is 0 Å². The molecule has 0 unspecified atom stereocenters. The van der Waals surface area contributed by atoms with Crippen molar-refractivity contribution in [2.24, 2.45) is 0 Å².